The molecule has 0 saturated heterocycles. The number of rotatable bonds is 5. The molecule has 0 aromatic heterocycles. The van der Waals surface area contributed by atoms with E-state index in [1.165, 1.54) is 12.8 Å². The third-order valence-electron chi connectivity index (χ3n) is 1.92. The number of nitrogens with zero attached hydrogens (tertiary/aromatic N) is 2. The summed E-state index contributed by atoms with van der Waals surface area (Å²) in [5.74, 6) is 0.187. The number of aromatic hydroxyl groups is 1. The fraction of sp³-hybridized carbons (Fsp3) is 0.455. The summed E-state index contributed by atoms with van der Waals surface area (Å²) in [6.45, 7) is 2.89. The first-order valence-corrected chi connectivity index (χ1v) is 5.00. The Morgan fingerprint density at radius 3 is 2.71 bits per heavy atom. The maximum Gasteiger partial charge on any atom is 0.143 e. The molecule has 0 aliphatic rings. The number of phenols is 1. The van der Waals surface area contributed by atoms with E-state index >= 15 is 0 Å². The number of para-hydroxylation sites is 1. The molecule has 0 bridgehead atoms. The van der Waals surface area contributed by atoms with Gasteiger partial charge in [0.2, 0.25) is 0 Å². The number of benzene rings is 1. The van der Waals surface area contributed by atoms with Gasteiger partial charge in [0.25, 0.3) is 0 Å². The summed E-state index contributed by atoms with van der Waals surface area (Å²) < 4.78 is 0. The van der Waals surface area contributed by atoms with Crippen molar-refractivity contribution in [3.8, 4) is 5.75 Å². The van der Waals surface area contributed by atoms with E-state index in [-0.39, 0.29) is 5.75 Å². The van der Waals surface area contributed by atoms with Crippen molar-refractivity contribution in [2.45, 2.75) is 26.2 Å². The van der Waals surface area contributed by atoms with E-state index < -0.39 is 0 Å². The summed E-state index contributed by atoms with van der Waals surface area (Å²) in [6.07, 6.45) is 3.43. The maximum atomic E-state index is 9.36. The lowest BCUT2D eigenvalue weighted by atomic mass is 10.2. The van der Waals surface area contributed by atoms with Crippen LogP contribution in [0.5, 0.6) is 5.75 Å². The largest absolute Gasteiger partial charge is 0.506 e. The molecule has 3 heteroatoms. The molecule has 0 radical (unpaired) electrons. The van der Waals surface area contributed by atoms with Gasteiger partial charge in [-0.1, -0.05) is 31.9 Å². The average Bonchev–Trinajstić information content (AvgIpc) is 2.20. The zero-order chi connectivity index (χ0) is 10.2. The monoisotopic (exact) mass is 192 g/mol. The van der Waals surface area contributed by atoms with Crippen LogP contribution < -0.4 is 0 Å². The van der Waals surface area contributed by atoms with Crippen LogP contribution >= 0.6 is 0 Å². The van der Waals surface area contributed by atoms with Crippen molar-refractivity contribution >= 4 is 5.69 Å². The first-order valence-electron chi connectivity index (χ1n) is 5.00. The van der Waals surface area contributed by atoms with Crippen LogP contribution in [0.2, 0.25) is 0 Å². The van der Waals surface area contributed by atoms with E-state index in [4.69, 9.17) is 0 Å². The van der Waals surface area contributed by atoms with Gasteiger partial charge in [-0.25, -0.2) is 0 Å². The number of phenolic OH excluding ortho intramolecular Hbond substituents is 1. The van der Waals surface area contributed by atoms with Crippen LogP contribution in [0.3, 0.4) is 0 Å². The van der Waals surface area contributed by atoms with E-state index in [1.54, 1.807) is 18.2 Å². The van der Waals surface area contributed by atoms with Crippen LogP contribution in [0, 0.1) is 0 Å². The normalized spacial score (nSPS) is 10.9. The molecule has 14 heavy (non-hydrogen) atoms. The topological polar surface area (TPSA) is 45.0 Å². The highest BCUT2D eigenvalue weighted by atomic mass is 16.3. The molecule has 0 atom stereocenters. The fourth-order valence-electron chi connectivity index (χ4n) is 1.11. The zero-order valence-corrected chi connectivity index (χ0v) is 8.48. The first kappa shape index (κ1) is 10.7. The Hall–Kier alpha value is -1.38. The number of hydrogen-bond acceptors (Lipinski definition) is 3. The van der Waals surface area contributed by atoms with Crippen molar-refractivity contribution in [3.05, 3.63) is 24.3 Å². The van der Waals surface area contributed by atoms with E-state index in [0.29, 0.717) is 5.69 Å². The third-order valence-corrected chi connectivity index (χ3v) is 1.92. The van der Waals surface area contributed by atoms with Crippen LogP contribution in [-0.4, -0.2) is 11.7 Å². The van der Waals surface area contributed by atoms with Crippen molar-refractivity contribution in [1.82, 2.24) is 0 Å². The van der Waals surface area contributed by atoms with Crippen molar-refractivity contribution in [2.24, 2.45) is 10.2 Å². The fourth-order valence-corrected chi connectivity index (χ4v) is 1.11. The predicted molar refractivity (Wildman–Crippen MR) is 57.0 cm³/mol. The minimum atomic E-state index is 0.187. The smallest absolute Gasteiger partial charge is 0.143 e. The lowest BCUT2D eigenvalue weighted by molar-refractivity contribution is 0.476. The van der Waals surface area contributed by atoms with Crippen LogP contribution in [-0.2, 0) is 0 Å². The highest BCUT2D eigenvalue weighted by Gasteiger charge is 1.95. The van der Waals surface area contributed by atoms with Crippen molar-refractivity contribution in [3.63, 3.8) is 0 Å². The van der Waals surface area contributed by atoms with Crippen molar-refractivity contribution in [1.29, 1.82) is 0 Å². The van der Waals surface area contributed by atoms with Crippen LogP contribution in [0.1, 0.15) is 26.2 Å². The molecule has 0 unspecified atom stereocenters. The summed E-state index contributed by atoms with van der Waals surface area (Å²) >= 11 is 0. The van der Waals surface area contributed by atoms with Crippen molar-refractivity contribution in [2.75, 3.05) is 6.54 Å². The van der Waals surface area contributed by atoms with E-state index in [0.717, 1.165) is 13.0 Å². The van der Waals surface area contributed by atoms with E-state index in [2.05, 4.69) is 17.2 Å². The Morgan fingerprint density at radius 2 is 2.00 bits per heavy atom. The highest BCUT2D eigenvalue weighted by molar-refractivity contribution is 5.49. The first-order chi connectivity index (χ1) is 6.84. The summed E-state index contributed by atoms with van der Waals surface area (Å²) in [7, 11) is 0. The molecule has 1 rings (SSSR count). The van der Waals surface area contributed by atoms with Gasteiger partial charge in [-0.3, -0.25) is 0 Å². The highest BCUT2D eigenvalue weighted by Crippen LogP contribution is 2.24. The Morgan fingerprint density at radius 1 is 1.21 bits per heavy atom. The molecule has 0 fully saturated rings. The Kier molecular flexibility index (Phi) is 4.69. The predicted octanol–water partition coefficient (Wildman–Crippen LogP) is 3.67. The number of azo groups is 1. The minimum Gasteiger partial charge on any atom is -0.506 e. The Labute approximate surface area is 84.5 Å². The molecular weight excluding hydrogens is 176 g/mol. The molecule has 1 N–H and O–H groups in total. The molecule has 1 aromatic rings. The van der Waals surface area contributed by atoms with Gasteiger partial charge in [0.1, 0.15) is 11.4 Å². The second-order valence-corrected chi connectivity index (χ2v) is 3.16. The number of unbranched alkanes of at least 4 members (excludes halogenated alkanes) is 2. The van der Waals surface area contributed by atoms with E-state index in [1.807, 2.05) is 6.07 Å². The second kappa shape index (κ2) is 6.13. The Balaban J connectivity index is 2.40. The standard InChI is InChI=1S/C11H16N2O/c1-2-3-6-9-12-13-10-7-4-5-8-11(10)14/h4-5,7-8,14H,2-3,6,9H2,1H3. The van der Waals surface area contributed by atoms with Crippen LogP contribution in [0.4, 0.5) is 5.69 Å². The molecule has 0 aliphatic heterocycles. The van der Waals surface area contributed by atoms with Gasteiger partial charge in [0, 0.05) is 0 Å². The quantitative estimate of drug-likeness (QED) is 0.561. The summed E-state index contributed by atoms with van der Waals surface area (Å²) in [6, 6.07) is 6.96. The number of hydrogen-bond donors (Lipinski definition) is 1. The Bertz CT molecular complexity index is 297. The molecule has 0 amide bonds. The van der Waals surface area contributed by atoms with Gasteiger partial charge in [-0.2, -0.15) is 10.2 Å². The van der Waals surface area contributed by atoms with Gasteiger partial charge in [-0.05, 0) is 18.6 Å². The van der Waals surface area contributed by atoms with Gasteiger partial charge in [0.15, 0.2) is 0 Å². The SMILES string of the molecule is CCCCCN=Nc1ccccc1O. The average molecular weight is 192 g/mol. The summed E-state index contributed by atoms with van der Waals surface area (Å²) in [4.78, 5) is 0. The molecular formula is C11H16N2O. The van der Waals surface area contributed by atoms with Crippen LogP contribution in [0.15, 0.2) is 34.5 Å². The molecule has 1 aromatic carbocycles. The molecule has 0 spiro atoms. The van der Waals surface area contributed by atoms with Gasteiger partial charge >= 0.3 is 0 Å². The lowest BCUT2D eigenvalue weighted by Crippen LogP contribution is -1.78. The van der Waals surface area contributed by atoms with Gasteiger partial charge in [0.05, 0.1) is 6.54 Å². The molecule has 0 saturated carbocycles. The molecule has 0 aliphatic carbocycles. The maximum absolute atomic E-state index is 9.36. The second-order valence-electron chi connectivity index (χ2n) is 3.16. The van der Waals surface area contributed by atoms with Gasteiger partial charge < -0.3 is 5.11 Å². The molecule has 3 nitrogen and oxygen atoms in total. The van der Waals surface area contributed by atoms with Crippen molar-refractivity contribution < 1.29 is 5.11 Å². The van der Waals surface area contributed by atoms with E-state index in [9.17, 15) is 5.11 Å². The molecule has 76 valence electrons. The van der Waals surface area contributed by atoms with Gasteiger partial charge in [-0.15, -0.1) is 0 Å². The lowest BCUT2D eigenvalue weighted by Gasteiger charge is -1.95. The third kappa shape index (κ3) is 3.56. The van der Waals surface area contributed by atoms with Crippen LogP contribution in [0.25, 0.3) is 0 Å². The minimum absolute atomic E-state index is 0.187. The zero-order valence-electron chi connectivity index (χ0n) is 8.48. The summed E-state index contributed by atoms with van der Waals surface area (Å²) in [5, 5.41) is 17.3. The molecule has 0 heterocycles. The summed E-state index contributed by atoms with van der Waals surface area (Å²) in [5.41, 5.74) is 0.545.